The summed E-state index contributed by atoms with van der Waals surface area (Å²) in [6.45, 7) is 0. The van der Waals surface area contributed by atoms with Crippen molar-refractivity contribution in [1.29, 1.82) is 0 Å². The first-order chi connectivity index (χ1) is 8.49. The minimum Gasteiger partial charge on any atom is -0.477 e. The van der Waals surface area contributed by atoms with Gasteiger partial charge in [0.05, 0.1) is 10.8 Å². The van der Waals surface area contributed by atoms with Crippen molar-refractivity contribution in [2.24, 2.45) is 5.73 Å². The molecule has 8 heteroatoms. The molecule has 18 heavy (non-hydrogen) atoms. The number of carbonyl (C=O) groups excluding carboxylic acids is 2. The molecule has 0 unspecified atom stereocenters. The molecule has 0 saturated carbocycles. The predicted octanol–water partition coefficient (Wildman–Crippen LogP) is 0.993. The average molecular weight is 288 g/mol. The number of hydrogen-bond acceptors (Lipinski definition) is 5. The van der Waals surface area contributed by atoms with Crippen LogP contribution < -0.4 is 11.1 Å². The Morgan fingerprint density at radius 1 is 1.39 bits per heavy atom. The van der Waals surface area contributed by atoms with E-state index in [1.54, 1.807) is 6.07 Å². The van der Waals surface area contributed by atoms with Crippen molar-refractivity contribution >= 4 is 45.9 Å². The Morgan fingerprint density at radius 3 is 2.67 bits per heavy atom. The summed E-state index contributed by atoms with van der Waals surface area (Å²) in [6.07, 6.45) is 0.248. The maximum Gasteiger partial charge on any atom is 0.345 e. The molecule has 1 heterocycles. The molecule has 0 aliphatic heterocycles. The zero-order valence-electron chi connectivity index (χ0n) is 9.34. The number of carboxylic acids is 1. The zero-order chi connectivity index (χ0) is 13.5. The minimum atomic E-state index is -1.02. The molecule has 0 aliphatic rings. The van der Waals surface area contributed by atoms with Crippen LogP contribution in [-0.4, -0.2) is 34.4 Å². The molecule has 2 amide bonds. The SMILES string of the molecule is NC(=O)CSCCC(=O)Nc1ccc(C(=O)O)s1. The van der Waals surface area contributed by atoms with Gasteiger partial charge in [-0.3, -0.25) is 9.59 Å². The van der Waals surface area contributed by atoms with Crippen LogP contribution in [0.25, 0.3) is 0 Å². The lowest BCUT2D eigenvalue weighted by Gasteiger charge is -2.01. The van der Waals surface area contributed by atoms with E-state index in [1.165, 1.54) is 17.8 Å². The van der Waals surface area contributed by atoms with Gasteiger partial charge >= 0.3 is 5.97 Å². The Kier molecular flexibility index (Phi) is 5.66. The fourth-order valence-corrected chi connectivity index (χ4v) is 2.49. The third-order valence-corrected chi connectivity index (χ3v) is 3.77. The van der Waals surface area contributed by atoms with Crippen molar-refractivity contribution in [1.82, 2.24) is 0 Å². The molecule has 98 valence electrons. The summed E-state index contributed by atoms with van der Waals surface area (Å²) in [5, 5.41) is 11.8. The van der Waals surface area contributed by atoms with E-state index in [4.69, 9.17) is 10.8 Å². The van der Waals surface area contributed by atoms with Crippen LogP contribution in [0.1, 0.15) is 16.1 Å². The molecule has 4 N–H and O–H groups in total. The first-order valence-electron chi connectivity index (χ1n) is 4.98. The Balaban J connectivity index is 2.31. The third kappa shape index (κ3) is 5.19. The van der Waals surface area contributed by atoms with Gasteiger partial charge in [0.2, 0.25) is 11.8 Å². The third-order valence-electron chi connectivity index (χ3n) is 1.80. The molecular formula is C10H12N2O4S2. The fourth-order valence-electron chi connectivity index (χ4n) is 1.06. The van der Waals surface area contributed by atoms with E-state index in [0.717, 1.165) is 11.3 Å². The molecule has 0 saturated heterocycles. The largest absolute Gasteiger partial charge is 0.477 e. The lowest BCUT2D eigenvalue weighted by molar-refractivity contribution is -0.116. The maximum atomic E-state index is 11.5. The number of primary amides is 1. The normalized spacial score (nSPS) is 10.0. The number of carbonyl (C=O) groups is 3. The summed E-state index contributed by atoms with van der Waals surface area (Å²) < 4.78 is 0. The van der Waals surface area contributed by atoms with Crippen molar-refractivity contribution in [2.45, 2.75) is 6.42 Å². The number of thiophene rings is 1. The number of carboxylic acid groups (broad SMARTS) is 1. The molecule has 0 aromatic carbocycles. The number of thioether (sulfide) groups is 1. The van der Waals surface area contributed by atoms with Crippen molar-refractivity contribution < 1.29 is 19.5 Å². The molecule has 1 aromatic rings. The van der Waals surface area contributed by atoms with Crippen LogP contribution in [0.5, 0.6) is 0 Å². The lowest BCUT2D eigenvalue weighted by atomic mass is 10.4. The Bertz CT molecular complexity index is 458. The number of amides is 2. The second-order valence-corrected chi connectivity index (χ2v) is 5.48. The summed E-state index contributed by atoms with van der Waals surface area (Å²) in [5.74, 6) is -0.963. The van der Waals surface area contributed by atoms with Crippen molar-refractivity contribution in [2.75, 3.05) is 16.8 Å². The van der Waals surface area contributed by atoms with Crippen LogP contribution in [0.2, 0.25) is 0 Å². The van der Waals surface area contributed by atoms with Crippen molar-refractivity contribution in [3.8, 4) is 0 Å². The van der Waals surface area contributed by atoms with E-state index in [1.807, 2.05) is 0 Å². The van der Waals surface area contributed by atoms with Crippen LogP contribution in [0.4, 0.5) is 5.00 Å². The Morgan fingerprint density at radius 2 is 2.11 bits per heavy atom. The van der Waals surface area contributed by atoms with Gasteiger partial charge < -0.3 is 16.2 Å². The van der Waals surface area contributed by atoms with Crippen LogP contribution in [-0.2, 0) is 9.59 Å². The number of nitrogens with two attached hydrogens (primary N) is 1. The molecular weight excluding hydrogens is 276 g/mol. The van der Waals surface area contributed by atoms with E-state index in [9.17, 15) is 14.4 Å². The van der Waals surface area contributed by atoms with Gasteiger partial charge in [0, 0.05) is 12.2 Å². The molecule has 0 fully saturated rings. The fraction of sp³-hybridized carbons (Fsp3) is 0.300. The van der Waals surface area contributed by atoms with E-state index in [2.05, 4.69) is 5.32 Å². The minimum absolute atomic E-state index is 0.174. The molecule has 0 bridgehead atoms. The van der Waals surface area contributed by atoms with Gasteiger partial charge in [0.15, 0.2) is 0 Å². The number of nitrogens with one attached hydrogen (secondary N) is 1. The van der Waals surface area contributed by atoms with Gasteiger partial charge in [-0.1, -0.05) is 0 Å². The van der Waals surface area contributed by atoms with Crippen molar-refractivity contribution in [3.63, 3.8) is 0 Å². The monoisotopic (exact) mass is 288 g/mol. The van der Waals surface area contributed by atoms with Gasteiger partial charge in [-0.15, -0.1) is 11.3 Å². The topological polar surface area (TPSA) is 109 Å². The Labute approximate surface area is 112 Å². The van der Waals surface area contributed by atoms with Gasteiger partial charge in [-0.2, -0.15) is 11.8 Å². The highest BCUT2D eigenvalue weighted by molar-refractivity contribution is 7.99. The average Bonchev–Trinajstić information content (AvgIpc) is 2.72. The zero-order valence-corrected chi connectivity index (χ0v) is 11.0. The van der Waals surface area contributed by atoms with Gasteiger partial charge in [-0.25, -0.2) is 4.79 Å². The van der Waals surface area contributed by atoms with Crippen LogP contribution in [0.3, 0.4) is 0 Å². The summed E-state index contributed by atoms with van der Waals surface area (Å²) in [4.78, 5) is 32.7. The van der Waals surface area contributed by atoms with E-state index < -0.39 is 11.9 Å². The maximum absolute atomic E-state index is 11.5. The number of anilines is 1. The Hall–Kier alpha value is -1.54. The second-order valence-electron chi connectivity index (χ2n) is 3.29. The summed E-state index contributed by atoms with van der Waals surface area (Å²) in [6, 6.07) is 2.98. The smallest absolute Gasteiger partial charge is 0.345 e. The quantitative estimate of drug-likeness (QED) is 0.648. The molecule has 0 spiro atoms. The van der Waals surface area contributed by atoms with Crippen LogP contribution in [0.15, 0.2) is 12.1 Å². The van der Waals surface area contributed by atoms with Gasteiger partial charge in [0.1, 0.15) is 4.88 Å². The summed E-state index contributed by atoms with van der Waals surface area (Å²) in [7, 11) is 0. The highest BCUT2D eigenvalue weighted by Gasteiger charge is 2.09. The van der Waals surface area contributed by atoms with Gasteiger partial charge in [0.25, 0.3) is 0 Å². The van der Waals surface area contributed by atoms with Crippen LogP contribution in [0, 0.1) is 0 Å². The first kappa shape index (κ1) is 14.5. The predicted molar refractivity (Wildman–Crippen MR) is 71.0 cm³/mol. The van der Waals surface area contributed by atoms with Crippen LogP contribution >= 0.6 is 23.1 Å². The molecule has 0 atom stereocenters. The number of rotatable bonds is 7. The molecule has 1 rings (SSSR count). The first-order valence-corrected chi connectivity index (χ1v) is 6.95. The van der Waals surface area contributed by atoms with E-state index in [0.29, 0.717) is 10.8 Å². The highest BCUT2D eigenvalue weighted by Crippen LogP contribution is 2.21. The molecule has 1 aromatic heterocycles. The summed E-state index contributed by atoms with van der Waals surface area (Å²) in [5.41, 5.74) is 4.95. The summed E-state index contributed by atoms with van der Waals surface area (Å²) >= 11 is 2.29. The van der Waals surface area contributed by atoms with E-state index in [-0.39, 0.29) is 23.0 Å². The second kappa shape index (κ2) is 7.02. The molecule has 0 radical (unpaired) electrons. The highest BCUT2D eigenvalue weighted by atomic mass is 32.2. The number of aromatic carboxylic acids is 1. The van der Waals surface area contributed by atoms with Crippen molar-refractivity contribution in [3.05, 3.63) is 17.0 Å². The number of hydrogen-bond donors (Lipinski definition) is 3. The lowest BCUT2D eigenvalue weighted by Crippen LogP contribution is -2.15. The van der Waals surface area contributed by atoms with E-state index >= 15 is 0 Å². The van der Waals surface area contributed by atoms with Gasteiger partial charge in [-0.05, 0) is 12.1 Å². The molecule has 6 nitrogen and oxygen atoms in total. The molecule has 0 aliphatic carbocycles. The standard InChI is InChI=1S/C10H12N2O4S2/c11-7(13)5-17-4-3-8(14)12-9-2-1-6(18-9)10(15)16/h1-2H,3-5H2,(H2,11,13)(H,12,14)(H,15,16).